The van der Waals surface area contributed by atoms with Gasteiger partial charge in [-0.1, -0.05) is 34.1 Å². The molecule has 1 heterocycles. The molecule has 33 heavy (non-hydrogen) atoms. The zero-order chi connectivity index (χ0) is 23.4. The van der Waals surface area contributed by atoms with Crippen molar-refractivity contribution in [3.63, 3.8) is 0 Å². The number of aromatic hydroxyl groups is 1. The molecule has 4 aromatic rings. The summed E-state index contributed by atoms with van der Waals surface area (Å²) >= 11 is 3.40. The van der Waals surface area contributed by atoms with Crippen LogP contribution in [0.2, 0.25) is 0 Å². The van der Waals surface area contributed by atoms with E-state index in [1.54, 1.807) is 54.6 Å². The van der Waals surface area contributed by atoms with Crippen molar-refractivity contribution in [2.75, 3.05) is 12.4 Å². The number of nitrogens with one attached hydrogen (secondary N) is 1. The van der Waals surface area contributed by atoms with Crippen molar-refractivity contribution in [1.82, 2.24) is 4.57 Å². The van der Waals surface area contributed by atoms with Crippen LogP contribution in [0.4, 0.5) is 11.4 Å². The molecule has 0 atom stereocenters. The zero-order valence-corrected chi connectivity index (χ0v) is 19.1. The summed E-state index contributed by atoms with van der Waals surface area (Å²) < 4.78 is 7.26. The summed E-state index contributed by atoms with van der Waals surface area (Å²) in [5.41, 5.74) is 1.64. The Morgan fingerprint density at radius 2 is 1.79 bits per heavy atom. The third-order valence-corrected chi connectivity index (χ3v) is 5.40. The quantitative estimate of drug-likeness (QED) is 0.328. The lowest BCUT2D eigenvalue weighted by Gasteiger charge is -2.08. The second-order valence-electron chi connectivity index (χ2n) is 7.07. The summed E-state index contributed by atoms with van der Waals surface area (Å²) in [4.78, 5) is 25.0. The number of benzene rings is 3. The minimum Gasteiger partial charge on any atom is -0.497 e. The highest BCUT2D eigenvalue weighted by molar-refractivity contribution is 9.10. The minimum atomic E-state index is -0.574. The van der Waals surface area contributed by atoms with Crippen LogP contribution in [0.15, 0.2) is 87.5 Å². The van der Waals surface area contributed by atoms with Gasteiger partial charge in [-0.15, -0.1) is 10.2 Å². The Morgan fingerprint density at radius 1 is 1.06 bits per heavy atom. The summed E-state index contributed by atoms with van der Waals surface area (Å²) in [6.45, 7) is -0.152. The predicted octanol–water partition coefficient (Wildman–Crippen LogP) is 5.68. The van der Waals surface area contributed by atoms with Crippen LogP contribution in [0, 0.1) is 0 Å². The Hall–Kier alpha value is -3.98. The lowest BCUT2D eigenvalue weighted by Crippen LogP contribution is -2.18. The van der Waals surface area contributed by atoms with Gasteiger partial charge in [0.05, 0.1) is 12.6 Å². The first kappa shape index (κ1) is 22.2. The average Bonchev–Trinajstić information content (AvgIpc) is 3.08. The zero-order valence-electron chi connectivity index (χ0n) is 17.5. The molecule has 0 spiro atoms. The molecule has 0 aliphatic carbocycles. The van der Waals surface area contributed by atoms with Gasteiger partial charge in [-0.25, -0.2) is 0 Å². The smallest absolute Gasteiger partial charge is 0.295 e. The number of ether oxygens (including phenoxy) is 1. The molecule has 0 fully saturated rings. The van der Waals surface area contributed by atoms with Gasteiger partial charge in [-0.2, -0.15) is 0 Å². The van der Waals surface area contributed by atoms with Crippen molar-refractivity contribution in [1.29, 1.82) is 0 Å². The van der Waals surface area contributed by atoms with Crippen molar-refractivity contribution < 1.29 is 19.4 Å². The molecule has 0 unspecified atom stereocenters. The number of rotatable bonds is 6. The number of carbonyl (C=O) groups excluding carboxylic acids is 2. The second-order valence-corrected chi connectivity index (χ2v) is 7.98. The molecular weight excluding hydrogens is 488 g/mol. The Labute approximate surface area is 197 Å². The van der Waals surface area contributed by atoms with E-state index < -0.39 is 5.91 Å². The molecule has 8 nitrogen and oxygen atoms in total. The van der Waals surface area contributed by atoms with E-state index in [9.17, 15) is 14.7 Å². The fraction of sp³-hybridized carbons (Fsp3) is 0.0833. The molecule has 0 aliphatic heterocycles. The van der Waals surface area contributed by atoms with Gasteiger partial charge < -0.3 is 19.7 Å². The monoisotopic (exact) mass is 506 g/mol. The SMILES string of the molecule is COc1ccc(C(=O)N=Nc2c(O)n(CC(=O)Nc3ccccc3)c3ccc(Br)cc23)cc1. The lowest BCUT2D eigenvalue weighted by molar-refractivity contribution is -0.116. The molecule has 9 heteroatoms. The van der Waals surface area contributed by atoms with Crippen LogP contribution in [0.25, 0.3) is 10.9 Å². The predicted molar refractivity (Wildman–Crippen MR) is 128 cm³/mol. The maximum absolute atomic E-state index is 12.6. The van der Waals surface area contributed by atoms with E-state index in [0.717, 1.165) is 4.47 Å². The summed E-state index contributed by atoms with van der Waals surface area (Å²) in [7, 11) is 1.54. The van der Waals surface area contributed by atoms with Crippen molar-refractivity contribution in [3.05, 3.63) is 82.8 Å². The molecule has 1 aromatic heterocycles. The normalized spacial score (nSPS) is 11.1. The van der Waals surface area contributed by atoms with Crippen molar-refractivity contribution in [3.8, 4) is 11.6 Å². The van der Waals surface area contributed by atoms with E-state index in [4.69, 9.17) is 4.74 Å². The summed E-state index contributed by atoms with van der Waals surface area (Å²) in [5.74, 6) is -0.552. The van der Waals surface area contributed by atoms with Crippen LogP contribution in [-0.2, 0) is 11.3 Å². The minimum absolute atomic E-state index is 0.0978. The number of hydrogen-bond donors (Lipinski definition) is 2. The third kappa shape index (κ3) is 4.93. The Kier molecular flexibility index (Phi) is 6.50. The Balaban J connectivity index is 1.64. The van der Waals surface area contributed by atoms with Crippen LogP contribution < -0.4 is 10.1 Å². The number of hydrogen-bond acceptors (Lipinski definition) is 5. The molecule has 0 saturated carbocycles. The van der Waals surface area contributed by atoms with Crippen LogP contribution in [-0.4, -0.2) is 28.6 Å². The summed E-state index contributed by atoms with van der Waals surface area (Å²) in [5, 5.41) is 22.0. The van der Waals surface area contributed by atoms with E-state index in [0.29, 0.717) is 27.9 Å². The van der Waals surface area contributed by atoms with Gasteiger partial charge in [-0.3, -0.25) is 9.59 Å². The summed E-state index contributed by atoms with van der Waals surface area (Å²) in [6, 6.07) is 20.7. The summed E-state index contributed by atoms with van der Waals surface area (Å²) in [6.07, 6.45) is 0. The van der Waals surface area contributed by atoms with Gasteiger partial charge >= 0.3 is 0 Å². The number of nitrogens with zero attached hydrogens (tertiary/aromatic N) is 3. The first-order valence-corrected chi connectivity index (χ1v) is 10.7. The van der Waals surface area contributed by atoms with E-state index in [1.165, 1.54) is 11.7 Å². The number of aromatic nitrogens is 1. The van der Waals surface area contributed by atoms with Gasteiger partial charge in [0.15, 0.2) is 5.69 Å². The fourth-order valence-corrected chi connectivity index (χ4v) is 3.67. The maximum atomic E-state index is 12.6. The number of para-hydroxylation sites is 1. The number of fused-ring (bicyclic) bond motifs is 1. The van der Waals surface area contributed by atoms with E-state index in [-0.39, 0.29) is 24.0 Å². The highest BCUT2D eigenvalue weighted by Gasteiger charge is 2.19. The Bertz CT molecular complexity index is 1350. The molecular formula is C24H19BrN4O4. The van der Waals surface area contributed by atoms with Gasteiger partial charge in [0, 0.05) is 21.1 Å². The first-order valence-electron chi connectivity index (χ1n) is 9.92. The van der Waals surface area contributed by atoms with Crippen molar-refractivity contribution in [2.45, 2.75) is 6.54 Å². The van der Waals surface area contributed by atoms with E-state index >= 15 is 0 Å². The number of methoxy groups -OCH3 is 1. The molecule has 2 amide bonds. The number of azo groups is 1. The molecule has 0 aliphatic rings. The number of halogens is 1. The molecule has 0 radical (unpaired) electrons. The van der Waals surface area contributed by atoms with Crippen LogP contribution >= 0.6 is 15.9 Å². The Morgan fingerprint density at radius 3 is 2.48 bits per heavy atom. The molecule has 2 N–H and O–H groups in total. The molecule has 166 valence electrons. The van der Waals surface area contributed by atoms with Crippen molar-refractivity contribution in [2.24, 2.45) is 10.2 Å². The van der Waals surface area contributed by atoms with Gasteiger partial charge in [0.25, 0.3) is 5.91 Å². The third-order valence-electron chi connectivity index (χ3n) is 4.91. The molecule has 0 bridgehead atoms. The van der Waals surface area contributed by atoms with E-state index in [2.05, 4.69) is 31.5 Å². The van der Waals surface area contributed by atoms with Crippen LogP contribution in [0.3, 0.4) is 0 Å². The van der Waals surface area contributed by atoms with Crippen LogP contribution in [0.5, 0.6) is 11.6 Å². The highest BCUT2D eigenvalue weighted by Crippen LogP contribution is 2.40. The standard InChI is InChI=1S/C24H19BrN4O4/c1-33-18-10-7-15(8-11-18)23(31)28-27-22-19-13-16(25)9-12-20(19)29(24(22)32)14-21(30)26-17-5-3-2-4-6-17/h2-13,32H,14H2,1H3,(H,26,30). The molecule has 4 rings (SSSR count). The number of amides is 2. The lowest BCUT2D eigenvalue weighted by atomic mass is 10.2. The average molecular weight is 507 g/mol. The topological polar surface area (TPSA) is 105 Å². The van der Waals surface area contributed by atoms with Crippen LogP contribution in [0.1, 0.15) is 10.4 Å². The maximum Gasteiger partial charge on any atom is 0.295 e. The number of carbonyl (C=O) groups is 2. The number of anilines is 1. The van der Waals surface area contributed by atoms with Gasteiger partial charge in [0.2, 0.25) is 11.8 Å². The highest BCUT2D eigenvalue weighted by atomic mass is 79.9. The molecule has 0 saturated heterocycles. The first-order chi connectivity index (χ1) is 16.0. The largest absolute Gasteiger partial charge is 0.497 e. The van der Waals surface area contributed by atoms with Crippen molar-refractivity contribution >= 4 is 50.0 Å². The second kappa shape index (κ2) is 9.66. The van der Waals surface area contributed by atoms with Gasteiger partial charge in [-0.05, 0) is 54.6 Å². The fourth-order valence-electron chi connectivity index (χ4n) is 3.31. The molecule has 3 aromatic carbocycles. The van der Waals surface area contributed by atoms with Gasteiger partial charge in [0.1, 0.15) is 12.3 Å². The van der Waals surface area contributed by atoms with E-state index in [1.807, 2.05) is 18.2 Å².